The van der Waals surface area contributed by atoms with Crippen LogP contribution in [0.4, 0.5) is 18.9 Å². The fourth-order valence-electron chi connectivity index (χ4n) is 6.59. The molecule has 2 fully saturated rings. The van der Waals surface area contributed by atoms with Gasteiger partial charge in [-0.15, -0.1) is 0 Å². The minimum atomic E-state index is -1.25. The zero-order chi connectivity index (χ0) is 32.0. The SMILES string of the molecule is COc1ccc2ncc(CN3CCOCC3)c([C@H](O)CCC3(CC(=O)O)CCN(CCNc4cc(F)cc(F)c4F)CC3)c2c1. The van der Waals surface area contributed by atoms with Crippen LogP contribution in [0.3, 0.4) is 0 Å². The number of aliphatic hydroxyl groups is 1. The minimum absolute atomic E-state index is 0.00879. The zero-order valence-corrected chi connectivity index (χ0v) is 25.5. The molecule has 0 aliphatic carbocycles. The van der Waals surface area contributed by atoms with Gasteiger partial charge < -0.3 is 29.9 Å². The molecule has 0 spiro atoms. The van der Waals surface area contributed by atoms with Crippen molar-refractivity contribution in [2.45, 2.75) is 44.8 Å². The highest BCUT2D eigenvalue weighted by Gasteiger charge is 2.37. The molecule has 0 radical (unpaired) electrons. The average molecular weight is 631 g/mol. The number of likely N-dealkylation sites (tertiary alicyclic amines) is 1. The Kier molecular flexibility index (Phi) is 10.8. The van der Waals surface area contributed by atoms with Gasteiger partial charge in [0.2, 0.25) is 0 Å². The van der Waals surface area contributed by atoms with Gasteiger partial charge in [0.05, 0.1) is 44.1 Å². The predicted octanol–water partition coefficient (Wildman–Crippen LogP) is 4.98. The van der Waals surface area contributed by atoms with Gasteiger partial charge in [0.15, 0.2) is 11.6 Å². The molecule has 12 heteroatoms. The van der Waals surface area contributed by atoms with Crippen LogP contribution in [0.25, 0.3) is 10.9 Å². The second-order valence-electron chi connectivity index (χ2n) is 12.1. The quantitative estimate of drug-likeness (QED) is 0.226. The average Bonchev–Trinajstić information content (AvgIpc) is 3.03. The number of ether oxygens (including phenoxy) is 2. The van der Waals surface area contributed by atoms with Crippen molar-refractivity contribution in [3.63, 3.8) is 0 Å². The van der Waals surface area contributed by atoms with E-state index in [0.29, 0.717) is 76.9 Å². The monoisotopic (exact) mass is 630 g/mol. The molecule has 2 saturated heterocycles. The summed E-state index contributed by atoms with van der Waals surface area (Å²) < 4.78 is 52.0. The Hall–Kier alpha value is -3.45. The van der Waals surface area contributed by atoms with E-state index in [9.17, 15) is 28.2 Å². The molecule has 1 atom stereocenters. The first-order valence-electron chi connectivity index (χ1n) is 15.4. The number of carbonyl (C=O) groups is 1. The molecule has 0 bridgehead atoms. The smallest absolute Gasteiger partial charge is 0.303 e. The van der Waals surface area contributed by atoms with Crippen molar-refractivity contribution in [1.29, 1.82) is 0 Å². The molecule has 3 aromatic rings. The van der Waals surface area contributed by atoms with E-state index in [4.69, 9.17) is 9.47 Å². The number of anilines is 1. The lowest BCUT2D eigenvalue weighted by Gasteiger charge is -2.42. The van der Waals surface area contributed by atoms with E-state index in [1.54, 1.807) is 7.11 Å². The number of rotatable bonds is 13. The maximum absolute atomic E-state index is 14.0. The number of methoxy groups -OCH3 is 1. The highest BCUT2D eigenvalue weighted by Crippen LogP contribution is 2.42. The number of pyridine rings is 1. The van der Waals surface area contributed by atoms with E-state index in [0.717, 1.165) is 41.2 Å². The van der Waals surface area contributed by atoms with Gasteiger partial charge in [0.25, 0.3) is 0 Å². The maximum atomic E-state index is 14.0. The van der Waals surface area contributed by atoms with Gasteiger partial charge in [-0.2, -0.15) is 0 Å². The van der Waals surface area contributed by atoms with Crippen LogP contribution in [0.15, 0.2) is 36.5 Å². The summed E-state index contributed by atoms with van der Waals surface area (Å²) in [6, 6.07) is 7.03. The lowest BCUT2D eigenvalue weighted by molar-refractivity contribution is -0.141. The lowest BCUT2D eigenvalue weighted by Crippen LogP contribution is -2.43. The summed E-state index contributed by atoms with van der Waals surface area (Å²) in [6.45, 7) is 5.49. The molecule has 2 aliphatic heterocycles. The number of hydrogen-bond donors (Lipinski definition) is 3. The summed E-state index contributed by atoms with van der Waals surface area (Å²) in [6.07, 6.45) is 3.10. The first-order valence-corrected chi connectivity index (χ1v) is 15.4. The Morgan fingerprint density at radius 1 is 1.11 bits per heavy atom. The van der Waals surface area contributed by atoms with Crippen LogP contribution in [-0.2, 0) is 16.1 Å². The molecular formula is C33H41F3N4O5. The molecule has 0 saturated carbocycles. The number of nitrogens with one attached hydrogen (secondary N) is 1. The Balaban J connectivity index is 1.27. The number of piperidine rings is 1. The molecule has 3 heterocycles. The van der Waals surface area contributed by atoms with E-state index in [2.05, 4.69) is 20.1 Å². The number of carboxylic acids is 1. The second-order valence-corrected chi connectivity index (χ2v) is 12.1. The van der Waals surface area contributed by atoms with Crippen LogP contribution < -0.4 is 10.1 Å². The number of halogens is 3. The molecule has 244 valence electrons. The second kappa shape index (κ2) is 14.8. The summed E-state index contributed by atoms with van der Waals surface area (Å²) in [7, 11) is 1.60. The van der Waals surface area contributed by atoms with Crippen molar-refractivity contribution >= 4 is 22.6 Å². The van der Waals surface area contributed by atoms with Gasteiger partial charge in [-0.3, -0.25) is 14.7 Å². The molecule has 2 aliphatic rings. The van der Waals surface area contributed by atoms with E-state index in [1.807, 2.05) is 24.4 Å². The van der Waals surface area contributed by atoms with Crippen molar-refractivity contribution in [3.8, 4) is 5.75 Å². The number of morpholine rings is 1. The van der Waals surface area contributed by atoms with E-state index in [-0.39, 0.29) is 18.7 Å². The number of fused-ring (bicyclic) bond motifs is 1. The third-order valence-electron chi connectivity index (χ3n) is 9.16. The number of hydrogen-bond acceptors (Lipinski definition) is 8. The van der Waals surface area contributed by atoms with E-state index >= 15 is 0 Å². The number of aliphatic carboxylic acids is 1. The lowest BCUT2D eigenvalue weighted by atomic mass is 9.71. The van der Waals surface area contributed by atoms with Gasteiger partial charge in [0, 0.05) is 56.4 Å². The van der Waals surface area contributed by atoms with Gasteiger partial charge in [-0.25, -0.2) is 13.2 Å². The summed E-state index contributed by atoms with van der Waals surface area (Å²) in [5.41, 5.74) is 1.74. The number of carboxylic acid groups (broad SMARTS) is 1. The minimum Gasteiger partial charge on any atom is -0.497 e. The van der Waals surface area contributed by atoms with E-state index in [1.165, 1.54) is 0 Å². The van der Waals surface area contributed by atoms with Crippen LogP contribution in [0.1, 0.15) is 49.3 Å². The van der Waals surface area contributed by atoms with Crippen molar-refractivity contribution in [3.05, 3.63) is 65.1 Å². The van der Waals surface area contributed by atoms with Crippen LogP contribution in [0, 0.1) is 22.9 Å². The molecule has 0 unspecified atom stereocenters. The molecule has 0 amide bonds. The topological polar surface area (TPSA) is 107 Å². The van der Waals surface area contributed by atoms with Crippen molar-refractivity contribution < 1.29 is 37.7 Å². The first-order chi connectivity index (χ1) is 21.7. The van der Waals surface area contributed by atoms with Gasteiger partial charge >= 0.3 is 5.97 Å². The number of nitrogens with zero attached hydrogens (tertiary/aromatic N) is 3. The molecular weight excluding hydrogens is 589 g/mol. The maximum Gasteiger partial charge on any atom is 0.303 e. The molecule has 9 nitrogen and oxygen atoms in total. The molecule has 5 rings (SSSR count). The fourth-order valence-corrected chi connectivity index (χ4v) is 6.59. The molecule has 45 heavy (non-hydrogen) atoms. The fraction of sp³-hybridized carbons (Fsp3) is 0.515. The Bertz CT molecular complexity index is 1480. The van der Waals surface area contributed by atoms with Crippen molar-refractivity contribution in [1.82, 2.24) is 14.8 Å². The Morgan fingerprint density at radius 2 is 1.87 bits per heavy atom. The van der Waals surface area contributed by atoms with Gasteiger partial charge in [-0.05, 0) is 73.5 Å². The number of aromatic nitrogens is 1. The first kappa shape index (κ1) is 32.9. The molecule has 3 N–H and O–H groups in total. The highest BCUT2D eigenvalue weighted by molar-refractivity contribution is 5.85. The standard InChI is InChI=1S/C33H41F3N4O5/c1-44-24-2-3-27-25(18-24)31(22(20-38-27)21-40-12-14-45-15-13-40)29(41)4-5-33(19-30(42)43)6-9-39(10-7-33)11-8-37-28-17-23(34)16-26(35)32(28)36/h2-3,16-18,20,29,37,41H,4-15,19,21H2,1H3,(H,42,43)/t29-/m1/s1. The molecule has 1 aromatic heterocycles. The van der Waals surface area contributed by atoms with Crippen LogP contribution in [-0.4, -0.2) is 90.6 Å². The number of benzene rings is 2. The summed E-state index contributed by atoms with van der Waals surface area (Å²) in [5.74, 6) is -3.45. The van der Waals surface area contributed by atoms with Crippen molar-refractivity contribution in [2.24, 2.45) is 5.41 Å². The normalized spacial score (nSPS) is 18.2. The van der Waals surface area contributed by atoms with E-state index < -0.39 is 34.9 Å². The number of aliphatic hydroxyl groups excluding tert-OH is 1. The van der Waals surface area contributed by atoms with Gasteiger partial charge in [0.1, 0.15) is 11.6 Å². The summed E-state index contributed by atoms with van der Waals surface area (Å²) in [5, 5.41) is 25.1. The van der Waals surface area contributed by atoms with Crippen LogP contribution in [0.5, 0.6) is 5.75 Å². The predicted molar refractivity (Wildman–Crippen MR) is 164 cm³/mol. The summed E-state index contributed by atoms with van der Waals surface area (Å²) in [4.78, 5) is 21.0. The van der Waals surface area contributed by atoms with Crippen LogP contribution >= 0.6 is 0 Å². The van der Waals surface area contributed by atoms with Gasteiger partial charge in [-0.1, -0.05) is 0 Å². The van der Waals surface area contributed by atoms with Crippen LogP contribution in [0.2, 0.25) is 0 Å². The third-order valence-corrected chi connectivity index (χ3v) is 9.16. The highest BCUT2D eigenvalue weighted by atomic mass is 19.2. The van der Waals surface area contributed by atoms with Crippen molar-refractivity contribution in [2.75, 3.05) is 64.9 Å². The Labute approximate surface area is 260 Å². The zero-order valence-electron chi connectivity index (χ0n) is 25.5. The summed E-state index contributed by atoms with van der Waals surface area (Å²) >= 11 is 0. The molecule has 2 aromatic carbocycles. The third kappa shape index (κ3) is 8.23. The Morgan fingerprint density at radius 3 is 2.58 bits per heavy atom. The largest absolute Gasteiger partial charge is 0.497 e.